The standard InChI is InChI=1S/C13H18F3N/c1-9-7-10(12(2,3)4)5-6-11(9)17-8-13(14,15)16/h5-7,17H,8H2,1-4H3. The molecule has 1 N–H and O–H groups in total. The number of rotatable bonds is 2. The second-order valence-corrected chi connectivity index (χ2v) is 5.25. The molecule has 4 heteroatoms. The first-order chi connectivity index (χ1) is 7.59. The van der Waals surface area contributed by atoms with Crippen LogP contribution in [0.4, 0.5) is 18.9 Å². The van der Waals surface area contributed by atoms with E-state index in [9.17, 15) is 13.2 Å². The second kappa shape index (κ2) is 4.59. The Kier molecular flexibility index (Phi) is 3.74. The van der Waals surface area contributed by atoms with Crippen molar-refractivity contribution in [3.05, 3.63) is 29.3 Å². The van der Waals surface area contributed by atoms with Gasteiger partial charge in [-0.2, -0.15) is 13.2 Å². The summed E-state index contributed by atoms with van der Waals surface area (Å²) in [4.78, 5) is 0. The Morgan fingerprint density at radius 3 is 2.12 bits per heavy atom. The molecule has 0 amide bonds. The average molecular weight is 245 g/mol. The number of benzene rings is 1. The highest BCUT2D eigenvalue weighted by Gasteiger charge is 2.26. The van der Waals surface area contributed by atoms with E-state index in [4.69, 9.17) is 0 Å². The third-order valence-corrected chi connectivity index (χ3v) is 2.57. The summed E-state index contributed by atoms with van der Waals surface area (Å²) in [6, 6.07) is 5.51. The van der Waals surface area contributed by atoms with Gasteiger partial charge in [0.15, 0.2) is 0 Å². The molecular formula is C13H18F3N. The van der Waals surface area contributed by atoms with Gasteiger partial charge in [0, 0.05) is 5.69 Å². The van der Waals surface area contributed by atoms with Crippen LogP contribution in [0.2, 0.25) is 0 Å². The summed E-state index contributed by atoms with van der Waals surface area (Å²) < 4.78 is 36.2. The van der Waals surface area contributed by atoms with Gasteiger partial charge in [0.25, 0.3) is 0 Å². The van der Waals surface area contributed by atoms with Gasteiger partial charge in [-0.1, -0.05) is 32.9 Å². The van der Waals surface area contributed by atoms with Crippen LogP contribution in [-0.4, -0.2) is 12.7 Å². The molecule has 0 aliphatic rings. The summed E-state index contributed by atoms with van der Waals surface area (Å²) in [6.07, 6.45) is -4.19. The maximum Gasteiger partial charge on any atom is 0.405 e. The number of hydrogen-bond acceptors (Lipinski definition) is 1. The maximum atomic E-state index is 12.1. The van der Waals surface area contributed by atoms with E-state index >= 15 is 0 Å². The number of anilines is 1. The number of nitrogens with one attached hydrogen (secondary N) is 1. The predicted molar refractivity (Wildman–Crippen MR) is 64.4 cm³/mol. The van der Waals surface area contributed by atoms with Gasteiger partial charge in [-0.15, -0.1) is 0 Å². The molecule has 0 aliphatic heterocycles. The van der Waals surface area contributed by atoms with Crippen LogP contribution in [0.25, 0.3) is 0 Å². The number of halogens is 3. The highest BCUT2D eigenvalue weighted by Crippen LogP contribution is 2.27. The molecule has 17 heavy (non-hydrogen) atoms. The van der Waals surface area contributed by atoms with E-state index in [0.29, 0.717) is 5.69 Å². The molecule has 1 nitrogen and oxygen atoms in total. The van der Waals surface area contributed by atoms with Crippen LogP contribution in [-0.2, 0) is 5.41 Å². The molecule has 0 heterocycles. The average Bonchev–Trinajstić information content (AvgIpc) is 2.12. The Bertz CT molecular complexity index is 389. The fourth-order valence-corrected chi connectivity index (χ4v) is 1.52. The lowest BCUT2D eigenvalue weighted by Gasteiger charge is -2.21. The van der Waals surface area contributed by atoms with Crippen LogP contribution in [0.5, 0.6) is 0 Å². The Morgan fingerprint density at radius 1 is 1.12 bits per heavy atom. The van der Waals surface area contributed by atoms with E-state index in [-0.39, 0.29) is 5.41 Å². The van der Waals surface area contributed by atoms with Crippen LogP contribution in [0, 0.1) is 6.92 Å². The lowest BCUT2D eigenvalue weighted by Crippen LogP contribution is -2.22. The van der Waals surface area contributed by atoms with Crippen molar-refractivity contribution >= 4 is 5.69 Å². The highest BCUT2D eigenvalue weighted by molar-refractivity contribution is 5.53. The van der Waals surface area contributed by atoms with Crippen molar-refractivity contribution in [3.63, 3.8) is 0 Å². The minimum absolute atomic E-state index is 0.00726. The maximum absolute atomic E-state index is 12.1. The van der Waals surface area contributed by atoms with Crippen molar-refractivity contribution in [2.24, 2.45) is 0 Å². The Balaban J connectivity index is 2.84. The summed E-state index contributed by atoms with van der Waals surface area (Å²) in [5, 5.41) is 2.41. The van der Waals surface area contributed by atoms with E-state index in [1.807, 2.05) is 19.1 Å². The van der Waals surface area contributed by atoms with Crippen molar-refractivity contribution in [2.45, 2.75) is 39.3 Å². The van der Waals surface area contributed by atoms with Gasteiger partial charge >= 0.3 is 6.18 Å². The van der Waals surface area contributed by atoms with Crippen molar-refractivity contribution in [1.29, 1.82) is 0 Å². The van der Waals surface area contributed by atoms with Crippen LogP contribution in [0.1, 0.15) is 31.9 Å². The van der Waals surface area contributed by atoms with Gasteiger partial charge in [0.2, 0.25) is 0 Å². The molecule has 0 atom stereocenters. The van der Waals surface area contributed by atoms with Gasteiger partial charge in [0.1, 0.15) is 6.54 Å². The second-order valence-electron chi connectivity index (χ2n) is 5.25. The van der Waals surface area contributed by atoms with Gasteiger partial charge < -0.3 is 5.32 Å². The van der Waals surface area contributed by atoms with Crippen molar-refractivity contribution in [2.75, 3.05) is 11.9 Å². The number of alkyl halides is 3. The van der Waals surface area contributed by atoms with Gasteiger partial charge in [-0.05, 0) is 29.5 Å². The van der Waals surface area contributed by atoms with Gasteiger partial charge in [-0.3, -0.25) is 0 Å². The Hall–Kier alpha value is -1.19. The Labute approximate surface area is 100 Å². The molecule has 1 aromatic carbocycles. The van der Waals surface area contributed by atoms with E-state index in [2.05, 4.69) is 26.1 Å². The van der Waals surface area contributed by atoms with E-state index in [1.165, 1.54) is 0 Å². The van der Waals surface area contributed by atoms with E-state index in [0.717, 1.165) is 11.1 Å². The zero-order chi connectivity index (χ0) is 13.3. The first kappa shape index (κ1) is 13.9. The smallest absolute Gasteiger partial charge is 0.376 e. The summed E-state index contributed by atoms with van der Waals surface area (Å²) in [5.41, 5.74) is 2.50. The molecule has 0 aliphatic carbocycles. The SMILES string of the molecule is Cc1cc(C(C)(C)C)ccc1NCC(F)(F)F. The molecule has 0 spiro atoms. The molecule has 1 aromatic rings. The van der Waals surface area contributed by atoms with Crippen molar-refractivity contribution in [3.8, 4) is 0 Å². The molecule has 0 saturated heterocycles. The zero-order valence-electron chi connectivity index (χ0n) is 10.6. The Morgan fingerprint density at radius 2 is 1.71 bits per heavy atom. The molecular weight excluding hydrogens is 227 g/mol. The number of hydrogen-bond donors (Lipinski definition) is 1. The monoisotopic (exact) mass is 245 g/mol. The summed E-state index contributed by atoms with van der Waals surface area (Å²) in [7, 11) is 0. The molecule has 0 bridgehead atoms. The van der Waals surface area contributed by atoms with Crippen LogP contribution in [0.3, 0.4) is 0 Å². The molecule has 0 saturated carbocycles. The van der Waals surface area contributed by atoms with Crippen LogP contribution in [0.15, 0.2) is 18.2 Å². The molecule has 0 unspecified atom stereocenters. The third kappa shape index (κ3) is 4.29. The minimum atomic E-state index is -4.19. The quantitative estimate of drug-likeness (QED) is 0.820. The third-order valence-electron chi connectivity index (χ3n) is 2.57. The first-order valence-electron chi connectivity index (χ1n) is 5.51. The fraction of sp³-hybridized carbons (Fsp3) is 0.538. The molecule has 0 aromatic heterocycles. The van der Waals surface area contributed by atoms with Gasteiger partial charge in [0.05, 0.1) is 0 Å². The molecule has 96 valence electrons. The topological polar surface area (TPSA) is 12.0 Å². The normalized spacial score (nSPS) is 12.6. The predicted octanol–water partition coefficient (Wildman–Crippen LogP) is 4.27. The van der Waals surface area contributed by atoms with E-state index in [1.54, 1.807) is 6.07 Å². The van der Waals surface area contributed by atoms with Crippen molar-refractivity contribution in [1.82, 2.24) is 0 Å². The van der Waals surface area contributed by atoms with Gasteiger partial charge in [-0.25, -0.2) is 0 Å². The zero-order valence-corrected chi connectivity index (χ0v) is 10.6. The van der Waals surface area contributed by atoms with Crippen LogP contribution < -0.4 is 5.32 Å². The summed E-state index contributed by atoms with van der Waals surface area (Å²) >= 11 is 0. The summed E-state index contributed by atoms with van der Waals surface area (Å²) in [5.74, 6) is 0. The highest BCUT2D eigenvalue weighted by atomic mass is 19.4. The first-order valence-corrected chi connectivity index (χ1v) is 5.51. The lowest BCUT2D eigenvalue weighted by atomic mass is 9.86. The molecule has 1 rings (SSSR count). The van der Waals surface area contributed by atoms with Crippen LogP contribution >= 0.6 is 0 Å². The minimum Gasteiger partial charge on any atom is -0.376 e. The molecule has 0 radical (unpaired) electrons. The molecule has 0 fully saturated rings. The lowest BCUT2D eigenvalue weighted by molar-refractivity contribution is -0.115. The summed E-state index contributed by atoms with van der Waals surface area (Å²) in [6.45, 7) is 7.04. The van der Waals surface area contributed by atoms with E-state index < -0.39 is 12.7 Å². The fourth-order valence-electron chi connectivity index (χ4n) is 1.52. The van der Waals surface area contributed by atoms with Crippen molar-refractivity contribution < 1.29 is 13.2 Å². The number of aryl methyl sites for hydroxylation is 1. The largest absolute Gasteiger partial charge is 0.405 e.